The number of carbonyl (C=O) groups is 2. The van der Waals surface area contributed by atoms with Gasteiger partial charge in [-0.05, 0) is 62.9 Å². The third kappa shape index (κ3) is 8.17. The highest BCUT2D eigenvalue weighted by atomic mass is 32.2. The molecular weight excluding hydrogens is 522 g/mol. The Morgan fingerprint density at radius 1 is 1.03 bits per heavy atom. The summed E-state index contributed by atoms with van der Waals surface area (Å²) in [6.45, 7) is 9.08. The zero-order valence-electron chi connectivity index (χ0n) is 23.4. The Labute approximate surface area is 231 Å². The fourth-order valence-corrected chi connectivity index (χ4v) is 5.96. The van der Waals surface area contributed by atoms with Crippen LogP contribution in [0.25, 0.3) is 0 Å². The van der Waals surface area contributed by atoms with Gasteiger partial charge in [-0.25, -0.2) is 18.7 Å². The van der Waals surface area contributed by atoms with Crippen LogP contribution < -0.4 is 10.2 Å². The van der Waals surface area contributed by atoms with Crippen molar-refractivity contribution in [1.82, 2.24) is 14.7 Å². The third-order valence-corrected chi connectivity index (χ3v) is 8.03. The highest BCUT2D eigenvalue weighted by molar-refractivity contribution is 7.89. The Kier molecular flexibility index (Phi) is 9.98. The first-order valence-corrected chi connectivity index (χ1v) is 14.4. The first-order valence-electron chi connectivity index (χ1n) is 12.9. The van der Waals surface area contributed by atoms with E-state index in [4.69, 9.17) is 14.3 Å². The smallest absolute Gasteiger partial charge is 0.410 e. The standard InChI is InChI=1S/C28H39N3O7S/c1-20(2)16-22-17-31(39(34,35)24-14-12-23(36-6)13-15-24)25(18-30(22)27(33)38-28(3,4)5)26(32)29-37-19-21-10-8-7-9-11-21/h7-15,20,22,25H,16-19H2,1-6H3,(H,29,32)/t22-,25-/m1/s1. The molecule has 11 heteroatoms. The van der Waals surface area contributed by atoms with Crippen LogP contribution in [-0.4, -0.2) is 67.5 Å². The minimum Gasteiger partial charge on any atom is -0.497 e. The molecule has 3 rings (SSSR count). The van der Waals surface area contributed by atoms with E-state index in [1.807, 2.05) is 44.2 Å². The van der Waals surface area contributed by atoms with Crippen LogP contribution in [0, 0.1) is 5.92 Å². The van der Waals surface area contributed by atoms with Crippen molar-refractivity contribution in [3.63, 3.8) is 0 Å². The van der Waals surface area contributed by atoms with Crippen molar-refractivity contribution in [2.75, 3.05) is 20.2 Å². The quantitative estimate of drug-likeness (QED) is 0.461. The molecule has 0 aromatic heterocycles. The SMILES string of the molecule is COc1ccc(S(=O)(=O)N2C[C@@H](CC(C)C)N(C(=O)OC(C)(C)C)C[C@@H]2C(=O)NOCc2ccccc2)cc1. The van der Waals surface area contributed by atoms with Crippen molar-refractivity contribution in [2.45, 2.75) is 70.2 Å². The van der Waals surface area contributed by atoms with Gasteiger partial charge in [-0.1, -0.05) is 44.2 Å². The Hall–Kier alpha value is -3.15. The minimum absolute atomic E-state index is 0.0142. The van der Waals surface area contributed by atoms with Gasteiger partial charge < -0.3 is 14.4 Å². The van der Waals surface area contributed by atoms with Gasteiger partial charge in [0, 0.05) is 12.6 Å². The number of ether oxygens (including phenoxy) is 2. The molecule has 214 valence electrons. The molecule has 10 nitrogen and oxygen atoms in total. The van der Waals surface area contributed by atoms with Crippen molar-refractivity contribution in [2.24, 2.45) is 5.92 Å². The lowest BCUT2D eigenvalue weighted by Gasteiger charge is -2.45. The van der Waals surface area contributed by atoms with Gasteiger partial charge in [-0.3, -0.25) is 9.63 Å². The molecule has 39 heavy (non-hydrogen) atoms. The highest BCUT2D eigenvalue weighted by Crippen LogP contribution is 2.29. The summed E-state index contributed by atoms with van der Waals surface area (Å²) in [4.78, 5) is 33.6. The van der Waals surface area contributed by atoms with Gasteiger partial charge in [0.25, 0.3) is 5.91 Å². The fraction of sp³-hybridized carbons (Fsp3) is 0.500. The molecule has 1 N–H and O–H groups in total. The first kappa shape index (κ1) is 30.4. The second-order valence-electron chi connectivity index (χ2n) is 10.9. The van der Waals surface area contributed by atoms with E-state index in [2.05, 4.69) is 5.48 Å². The number of nitrogens with zero attached hydrogens (tertiary/aromatic N) is 2. The van der Waals surface area contributed by atoms with Crippen molar-refractivity contribution in [1.29, 1.82) is 0 Å². The van der Waals surface area contributed by atoms with E-state index >= 15 is 0 Å². The van der Waals surface area contributed by atoms with Gasteiger partial charge in [-0.15, -0.1) is 0 Å². The van der Waals surface area contributed by atoms with E-state index < -0.39 is 39.7 Å². The monoisotopic (exact) mass is 561 g/mol. The number of rotatable bonds is 9. The molecule has 1 aliphatic rings. The predicted molar refractivity (Wildman–Crippen MR) is 146 cm³/mol. The lowest BCUT2D eigenvalue weighted by molar-refractivity contribution is -0.141. The van der Waals surface area contributed by atoms with E-state index in [0.29, 0.717) is 12.2 Å². The normalized spacial score (nSPS) is 18.6. The summed E-state index contributed by atoms with van der Waals surface area (Å²) in [7, 11) is -2.64. The van der Waals surface area contributed by atoms with Crippen LogP contribution >= 0.6 is 0 Å². The molecule has 1 fully saturated rings. The van der Waals surface area contributed by atoms with E-state index in [9.17, 15) is 18.0 Å². The van der Waals surface area contributed by atoms with Gasteiger partial charge >= 0.3 is 6.09 Å². The molecular formula is C28H39N3O7S. The van der Waals surface area contributed by atoms with Crippen LogP contribution in [0.4, 0.5) is 4.79 Å². The molecule has 1 saturated heterocycles. The maximum Gasteiger partial charge on any atom is 0.410 e. The zero-order valence-corrected chi connectivity index (χ0v) is 24.2. The predicted octanol–water partition coefficient (Wildman–Crippen LogP) is 3.97. The van der Waals surface area contributed by atoms with Crippen molar-refractivity contribution in [3.05, 3.63) is 60.2 Å². The Balaban J connectivity index is 1.93. The second-order valence-corrected chi connectivity index (χ2v) is 12.8. The molecule has 0 bridgehead atoms. The van der Waals surface area contributed by atoms with E-state index in [1.54, 1.807) is 32.9 Å². The van der Waals surface area contributed by atoms with Crippen LogP contribution in [-0.2, 0) is 31.0 Å². The van der Waals surface area contributed by atoms with Crippen LogP contribution in [0.1, 0.15) is 46.6 Å². The number of nitrogens with one attached hydrogen (secondary N) is 1. The maximum atomic E-state index is 13.9. The Morgan fingerprint density at radius 2 is 1.67 bits per heavy atom. The van der Waals surface area contributed by atoms with Crippen LogP contribution in [0.3, 0.4) is 0 Å². The molecule has 0 spiro atoms. The molecule has 0 radical (unpaired) electrons. The van der Waals surface area contributed by atoms with Gasteiger partial charge in [0.1, 0.15) is 17.4 Å². The van der Waals surface area contributed by atoms with Crippen LogP contribution in [0.5, 0.6) is 5.75 Å². The summed E-state index contributed by atoms with van der Waals surface area (Å²) in [6, 6.07) is 13.5. The van der Waals surface area contributed by atoms with Crippen LogP contribution in [0.2, 0.25) is 0 Å². The number of carbonyl (C=O) groups excluding carboxylic acids is 2. The average Bonchev–Trinajstić information content (AvgIpc) is 2.87. The number of hydroxylamine groups is 1. The lowest BCUT2D eigenvalue weighted by Crippen LogP contribution is -2.65. The van der Waals surface area contributed by atoms with Gasteiger partial charge in [-0.2, -0.15) is 4.31 Å². The van der Waals surface area contributed by atoms with Gasteiger partial charge in [0.2, 0.25) is 10.0 Å². The maximum absolute atomic E-state index is 13.9. The number of hydrogen-bond donors (Lipinski definition) is 1. The number of amides is 2. The largest absolute Gasteiger partial charge is 0.497 e. The Bertz CT molecular complexity index is 1210. The number of piperazine rings is 1. The molecule has 2 aromatic rings. The molecule has 0 saturated carbocycles. The highest BCUT2D eigenvalue weighted by Gasteiger charge is 2.46. The van der Waals surface area contributed by atoms with E-state index in [0.717, 1.165) is 9.87 Å². The van der Waals surface area contributed by atoms with Gasteiger partial charge in [0.15, 0.2) is 0 Å². The van der Waals surface area contributed by atoms with E-state index in [-0.39, 0.29) is 30.5 Å². The summed E-state index contributed by atoms with van der Waals surface area (Å²) in [5, 5.41) is 0. The summed E-state index contributed by atoms with van der Waals surface area (Å²) >= 11 is 0. The third-order valence-electron chi connectivity index (χ3n) is 6.14. The fourth-order valence-electron chi connectivity index (χ4n) is 4.35. The van der Waals surface area contributed by atoms with Crippen molar-refractivity contribution in [3.8, 4) is 5.75 Å². The first-order chi connectivity index (χ1) is 18.3. The average molecular weight is 562 g/mol. The Morgan fingerprint density at radius 3 is 2.23 bits per heavy atom. The van der Waals surface area contributed by atoms with Gasteiger partial charge in [0.05, 0.1) is 25.2 Å². The summed E-state index contributed by atoms with van der Waals surface area (Å²) in [5.41, 5.74) is 2.46. The topological polar surface area (TPSA) is 114 Å². The molecule has 1 aliphatic heterocycles. The van der Waals surface area contributed by atoms with E-state index in [1.165, 1.54) is 24.1 Å². The van der Waals surface area contributed by atoms with Crippen molar-refractivity contribution < 1.29 is 32.3 Å². The second kappa shape index (κ2) is 12.8. The molecule has 2 aromatic carbocycles. The summed E-state index contributed by atoms with van der Waals surface area (Å²) in [5.74, 6) is -0.0189. The number of hydrogen-bond acceptors (Lipinski definition) is 7. The number of methoxy groups -OCH3 is 1. The van der Waals surface area contributed by atoms with Crippen LogP contribution in [0.15, 0.2) is 59.5 Å². The molecule has 2 amide bonds. The number of benzene rings is 2. The molecule has 2 atom stereocenters. The molecule has 0 aliphatic carbocycles. The summed E-state index contributed by atoms with van der Waals surface area (Å²) in [6.07, 6.45) is -0.0788. The summed E-state index contributed by atoms with van der Waals surface area (Å²) < 4.78 is 39.7. The number of sulfonamides is 1. The lowest BCUT2D eigenvalue weighted by atomic mass is 9.99. The molecule has 1 heterocycles. The molecule has 0 unspecified atom stereocenters. The minimum atomic E-state index is -4.13. The van der Waals surface area contributed by atoms with Crippen molar-refractivity contribution >= 4 is 22.0 Å². The zero-order chi connectivity index (χ0) is 28.8.